The van der Waals surface area contributed by atoms with Gasteiger partial charge in [0.15, 0.2) is 5.92 Å². The summed E-state index contributed by atoms with van der Waals surface area (Å²) in [5, 5.41) is 10.1. The Morgan fingerprint density at radius 1 is 1.19 bits per heavy atom. The summed E-state index contributed by atoms with van der Waals surface area (Å²) in [6, 6.07) is 13.6. The highest BCUT2D eigenvalue weighted by atomic mass is 16.5. The van der Waals surface area contributed by atoms with Gasteiger partial charge in [-0.05, 0) is 49.1 Å². The Morgan fingerprint density at radius 3 is 2.68 bits per heavy atom. The molecule has 2 aromatic carbocycles. The molecule has 7 nitrogen and oxygen atoms in total. The van der Waals surface area contributed by atoms with E-state index in [-0.39, 0.29) is 18.3 Å². The molecular weight excluding hydrogens is 394 g/mol. The van der Waals surface area contributed by atoms with Gasteiger partial charge in [-0.25, -0.2) is 4.98 Å². The van der Waals surface area contributed by atoms with Crippen LogP contribution in [-0.4, -0.2) is 39.7 Å². The summed E-state index contributed by atoms with van der Waals surface area (Å²) in [5.74, 6) is -0.995. The largest absolute Gasteiger partial charge is 0.508 e. The van der Waals surface area contributed by atoms with Crippen molar-refractivity contribution in [3.63, 3.8) is 0 Å². The minimum atomic E-state index is -1.07. The van der Waals surface area contributed by atoms with E-state index in [2.05, 4.69) is 13.8 Å². The fraction of sp³-hybridized carbons (Fsp3) is 0.375. The molecule has 162 valence electrons. The van der Waals surface area contributed by atoms with Crippen molar-refractivity contribution in [1.82, 2.24) is 9.55 Å². The maximum absolute atomic E-state index is 13.7. The van der Waals surface area contributed by atoms with Crippen LogP contribution >= 0.6 is 0 Å². The van der Waals surface area contributed by atoms with Gasteiger partial charge in [-0.15, -0.1) is 0 Å². The number of nitrogens with zero attached hydrogens (tertiary/aromatic N) is 3. The SMILES string of the molecule is CCOC(=O)[C@H]1C(=O)N(CCC(C)C)c2nc3ccccc3n2[C@H]1c1cccc(O)c1. The number of esters is 1. The van der Waals surface area contributed by atoms with E-state index in [1.807, 2.05) is 34.9 Å². The third kappa shape index (κ3) is 3.76. The van der Waals surface area contributed by atoms with Crippen molar-refractivity contribution in [2.75, 3.05) is 18.1 Å². The molecule has 31 heavy (non-hydrogen) atoms. The number of carbonyl (C=O) groups excluding carboxylic acids is 2. The number of hydrogen-bond acceptors (Lipinski definition) is 5. The zero-order valence-corrected chi connectivity index (χ0v) is 18.0. The predicted molar refractivity (Wildman–Crippen MR) is 118 cm³/mol. The third-order valence-corrected chi connectivity index (χ3v) is 5.63. The summed E-state index contributed by atoms with van der Waals surface area (Å²) in [6.07, 6.45) is 0.779. The van der Waals surface area contributed by atoms with Gasteiger partial charge in [0.2, 0.25) is 11.9 Å². The lowest BCUT2D eigenvalue weighted by molar-refractivity contribution is -0.153. The van der Waals surface area contributed by atoms with Crippen molar-refractivity contribution < 1.29 is 19.4 Å². The summed E-state index contributed by atoms with van der Waals surface area (Å²) in [6.45, 7) is 6.55. The lowest BCUT2D eigenvalue weighted by Crippen LogP contribution is -2.50. The second-order valence-electron chi connectivity index (χ2n) is 8.21. The number of hydrogen-bond donors (Lipinski definition) is 1. The van der Waals surface area contributed by atoms with Crippen molar-refractivity contribution >= 4 is 28.9 Å². The van der Waals surface area contributed by atoms with Crippen molar-refractivity contribution in [2.45, 2.75) is 33.2 Å². The van der Waals surface area contributed by atoms with Gasteiger partial charge in [0.1, 0.15) is 5.75 Å². The minimum absolute atomic E-state index is 0.0702. The quantitative estimate of drug-likeness (QED) is 0.482. The number of imidazole rings is 1. The monoisotopic (exact) mass is 421 g/mol. The Hall–Kier alpha value is -3.35. The molecule has 0 unspecified atom stereocenters. The molecule has 1 aliphatic heterocycles. The number of benzene rings is 2. The topological polar surface area (TPSA) is 84.7 Å². The van der Waals surface area contributed by atoms with E-state index >= 15 is 0 Å². The van der Waals surface area contributed by atoms with Crippen LogP contribution in [0.25, 0.3) is 11.0 Å². The van der Waals surface area contributed by atoms with Crippen LogP contribution in [0.4, 0.5) is 5.95 Å². The molecule has 0 fully saturated rings. The highest BCUT2D eigenvalue weighted by Gasteiger charge is 2.47. The first-order valence-corrected chi connectivity index (χ1v) is 10.7. The highest BCUT2D eigenvalue weighted by molar-refractivity contribution is 6.08. The van der Waals surface area contributed by atoms with Gasteiger partial charge in [-0.3, -0.25) is 14.5 Å². The molecule has 1 aliphatic rings. The molecular formula is C24H27N3O4. The lowest BCUT2D eigenvalue weighted by atomic mass is 9.89. The van der Waals surface area contributed by atoms with E-state index in [1.54, 1.807) is 30.0 Å². The number of fused-ring (bicyclic) bond motifs is 3. The van der Waals surface area contributed by atoms with Crippen LogP contribution in [0.15, 0.2) is 48.5 Å². The molecule has 7 heteroatoms. The average Bonchev–Trinajstić information content (AvgIpc) is 3.11. The number of aromatic nitrogens is 2. The molecule has 2 atom stereocenters. The number of carbonyl (C=O) groups is 2. The van der Waals surface area contributed by atoms with Crippen LogP contribution in [0, 0.1) is 11.8 Å². The first-order valence-electron chi connectivity index (χ1n) is 10.7. The van der Waals surface area contributed by atoms with Crippen LogP contribution in [0.5, 0.6) is 5.75 Å². The van der Waals surface area contributed by atoms with Crippen LogP contribution in [0.2, 0.25) is 0 Å². The summed E-state index contributed by atoms with van der Waals surface area (Å²) in [5.41, 5.74) is 2.22. The number of para-hydroxylation sites is 2. The van der Waals surface area contributed by atoms with Gasteiger partial charge in [0.05, 0.1) is 23.7 Å². The Labute approximate surface area is 181 Å². The van der Waals surface area contributed by atoms with Crippen molar-refractivity contribution in [3.8, 4) is 5.75 Å². The molecule has 0 saturated heterocycles. The fourth-order valence-corrected chi connectivity index (χ4v) is 4.16. The molecule has 0 bridgehead atoms. The Morgan fingerprint density at radius 2 is 1.97 bits per heavy atom. The smallest absolute Gasteiger partial charge is 0.321 e. The second-order valence-corrected chi connectivity index (χ2v) is 8.21. The van der Waals surface area contributed by atoms with Gasteiger partial charge >= 0.3 is 5.97 Å². The second kappa shape index (κ2) is 8.41. The lowest BCUT2D eigenvalue weighted by Gasteiger charge is -2.38. The van der Waals surface area contributed by atoms with Crippen LogP contribution < -0.4 is 4.90 Å². The van der Waals surface area contributed by atoms with Gasteiger partial charge in [0, 0.05) is 6.54 Å². The Bertz CT molecular complexity index is 1120. The number of phenolic OH excluding ortho intramolecular Hbond substituents is 1. The van der Waals surface area contributed by atoms with Crippen molar-refractivity contribution in [3.05, 3.63) is 54.1 Å². The molecule has 1 N–H and O–H groups in total. The Balaban J connectivity index is 1.97. The van der Waals surface area contributed by atoms with Gasteiger partial charge in [-0.1, -0.05) is 38.1 Å². The molecule has 1 aromatic heterocycles. The molecule has 1 amide bonds. The zero-order valence-electron chi connectivity index (χ0n) is 18.0. The maximum Gasteiger partial charge on any atom is 0.321 e. The predicted octanol–water partition coefficient (Wildman–Crippen LogP) is 3.90. The summed E-state index contributed by atoms with van der Waals surface area (Å²) in [4.78, 5) is 33.1. The van der Waals surface area contributed by atoms with Gasteiger partial charge < -0.3 is 14.4 Å². The zero-order chi connectivity index (χ0) is 22.1. The number of amides is 1. The van der Waals surface area contributed by atoms with E-state index in [4.69, 9.17) is 9.72 Å². The van der Waals surface area contributed by atoms with Crippen LogP contribution in [0.3, 0.4) is 0 Å². The molecule has 0 radical (unpaired) electrons. The Kier molecular flexibility index (Phi) is 5.67. The normalized spacial score (nSPS) is 18.5. The first kappa shape index (κ1) is 20.9. The van der Waals surface area contributed by atoms with E-state index in [9.17, 15) is 14.7 Å². The summed E-state index contributed by atoms with van der Waals surface area (Å²) in [7, 11) is 0. The van der Waals surface area contributed by atoms with Gasteiger partial charge in [-0.2, -0.15) is 0 Å². The van der Waals surface area contributed by atoms with E-state index in [1.165, 1.54) is 0 Å². The van der Waals surface area contributed by atoms with Crippen molar-refractivity contribution in [1.29, 1.82) is 0 Å². The molecule has 3 aromatic rings. The molecule has 0 spiro atoms. The molecule has 4 rings (SSSR count). The van der Waals surface area contributed by atoms with E-state index < -0.39 is 17.9 Å². The summed E-state index contributed by atoms with van der Waals surface area (Å²) >= 11 is 0. The first-order chi connectivity index (χ1) is 14.9. The third-order valence-electron chi connectivity index (χ3n) is 5.63. The van der Waals surface area contributed by atoms with E-state index in [0.29, 0.717) is 24.0 Å². The minimum Gasteiger partial charge on any atom is -0.508 e. The molecule has 0 saturated carbocycles. The number of phenols is 1. The number of ether oxygens (including phenoxy) is 1. The van der Waals surface area contributed by atoms with Crippen LogP contribution in [-0.2, 0) is 14.3 Å². The standard InChI is InChI=1S/C24H27N3O4/c1-4-31-23(30)20-21(16-8-7-9-17(28)14-16)27-19-11-6-5-10-18(19)25-24(27)26(22(20)29)13-12-15(2)3/h5-11,14-15,20-21,28H,4,12-13H2,1-3H3/t20-,21+/m1/s1. The highest BCUT2D eigenvalue weighted by Crippen LogP contribution is 2.42. The summed E-state index contributed by atoms with van der Waals surface area (Å²) < 4.78 is 7.27. The van der Waals surface area contributed by atoms with Crippen molar-refractivity contribution in [2.24, 2.45) is 11.8 Å². The number of rotatable bonds is 6. The van der Waals surface area contributed by atoms with E-state index in [0.717, 1.165) is 17.5 Å². The number of aromatic hydroxyl groups is 1. The molecule has 0 aliphatic carbocycles. The maximum atomic E-state index is 13.7. The molecule has 2 heterocycles. The van der Waals surface area contributed by atoms with Crippen LogP contribution in [0.1, 0.15) is 38.8 Å². The fourth-order valence-electron chi connectivity index (χ4n) is 4.16. The average molecular weight is 421 g/mol. The number of anilines is 1. The van der Waals surface area contributed by atoms with Gasteiger partial charge in [0.25, 0.3) is 0 Å².